The van der Waals surface area contributed by atoms with Crippen molar-refractivity contribution in [1.82, 2.24) is 4.90 Å². The third kappa shape index (κ3) is 3.76. The number of benzene rings is 2. The van der Waals surface area contributed by atoms with Crippen LogP contribution < -0.4 is 5.32 Å². The van der Waals surface area contributed by atoms with Crippen LogP contribution in [0.15, 0.2) is 36.4 Å². The van der Waals surface area contributed by atoms with Gasteiger partial charge in [0.2, 0.25) is 11.8 Å². The molecule has 1 saturated heterocycles. The maximum atomic E-state index is 12.4. The molecule has 0 radical (unpaired) electrons. The van der Waals surface area contributed by atoms with E-state index in [1.807, 2.05) is 44.9 Å². The first-order valence-electron chi connectivity index (χ1n) is 11.0. The van der Waals surface area contributed by atoms with Crippen molar-refractivity contribution in [3.8, 4) is 11.1 Å². The average Bonchev–Trinajstić information content (AvgIpc) is 2.69. The number of carbonyl (C=O) groups excluding carboxylic acids is 2. The number of hydrogen-bond donors (Lipinski definition) is 1. The van der Waals surface area contributed by atoms with Crippen molar-refractivity contribution < 1.29 is 9.59 Å². The van der Waals surface area contributed by atoms with Crippen molar-refractivity contribution in [3.63, 3.8) is 0 Å². The molecule has 0 unspecified atom stereocenters. The number of rotatable bonds is 2. The normalized spacial score (nSPS) is 21.1. The number of nitrogens with one attached hydrogen (secondary N) is 1. The summed E-state index contributed by atoms with van der Waals surface area (Å²) in [5.41, 5.74) is 6.88. The van der Waals surface area contributed by atoms with Gasteiger partial charge in [0.1, 0.15) is 0 Å². The minimum Gasteiger partial charge on any atom is -0.342 e. The van der Waals surface area contributed by atoms with E-state index in [2.05, 4.69) is 36.5 Å². The van der Waals surface area contributed by atoms with Gasteiger partial charge in [-0.05, 0) is 66.1 Å². The molecule has 4 heteroatoms. The first-order chi connectivity index (χ1) is 14.1. The molecule has 1 fully saturated rings. The molecule has 1 N–H and O–H groups in total. The average molecular weight is 405 g/mol. The highest BCUT2D eigenvalue weighted by Crippen LogP contribution is 2.43. The summed E-state index contributed by atoms with van der Waals surface area (Å²) in [5, 5.41) is 3.04. The summed E-state index contributed by atoms with van der Waals surface area (Å²) in [5.74, 6) is 0.745. The van der Waals surface area contributed by atoms with Crippen LogP contribution in [0.2, 0.25) is 0 Å². The second-order valence-corrected chi connectivity index (χ2v) is 9.91. The number of amides is 2. The molecule has 0 bridgehead atoms. The Labute approximate surface area is 179 Å². The fourth-order valence-corrected chi connectivity index (χ4v) is 5.01. The summed E-state index contributed by atoms with van der Waals surface area (Å²) in [6, 6.07) is 13.0. The summed E-state index contributed by atoms with van der Waals surface area (Å²) >= 11 is 0. The minimum absolute atomic E-state index is 0.0169. The summed E-state index contributed by atoms with van der Waals surface area (Å²) < 4.78 is 0. The minimum atomic E-state index is -0.427. The van der Waals surface area contributed by atoms with E-state index in [1.165, 1.54) is 22.3 Å². The molecule has 30 heavy (non-hydrogen) atoms. The van der Waals surface area contributed by atoms with Crippen molar-refractivity contribution in [2.45, 2.75) is 65.3 Å². The van der Waals surface area contributed by atoms with Crippen LogP contribution in [0.4, 0.5) is 5.69 Å². The number of anilines is 1. The lowest BCUT2D eigenvalue weighted by atomic mass is 9.72. The van der Waals surface area contributed by atoms with Crippen molar-refractivity contribution in [1.29, 1.82) is 0 Å². The highest BCUT2D eigenvalue weighted by molar-refractivity contribution is 5.95. The Morgan fingerprint density at radius 1 is 1.07 bits per heavy atom. The van der Waals surface area contributed by atoms with E-state index in [9.17, 15) is 9.59 Å². The fraction of sp³-hybridized carbons (Fsp3) is 0.462. The predicted molar refractivity (Wildman–Crippen MR) is 122 cm³/mol. The summed E-state index contributed by atoms with van der Waals surface area (Å²) in [6.07, 6.45) is 3.64. The van der Waals surface area contributed by atoms with Crippen LogP contribution >= 0.6 is 0 Å². The molecular formula is C26H32N2O2. The zero-order valence-electron chi connectivity index (χ0n) is 18.7. The van der Waals surface area contributed by atoms with E-state index in [0.717, 1.165) is 30.5 Å². The summed E-state index contributed by atoms with van der Waals surface area (Å²) in [6.45, 7) is 7.96. The van der Waals surface area contributed by atoms with Gasteiger partial charge in [-0.2, -0.15) is 0 Å². The SMILES string of the molecule is Cc1cc(-c2cccc(NC(=O)C(C)(C)C)c2)cc2c1[C@H]1CCC(=O)N(C)[C@@H]1CC2. The second-order valence-electron chi connectivity index (χ2n) is 9.91. The van der Waals surface area contributed by atoms with Crippen LogP contribution in [-0.2, 0) is 16.0 Å². The van der Waals surface area contributed by atoms with Gasteiger partial charge in [-0.1, -0.05) is 45.0 Å². The maximum absolute atomic E-state index is 12.4. The number of piperidine rings is 1. The van der Waals surface area contributed by atoms with Crippen LogP contribution in [0.3, 0.4) is 0 Å². The molecule has 2 aliphatic rings. The van der Waals surface area contributed by atoms with E-state index in [-0.39, 0.29) is 11.8 Å². The zero-order valence-corrected chi connectivity index (χ0v) is 18.7. The van der Waals surface area contributed by atoms with Crippen LogP contribution in [0.5, 0.6) is 0 Å². The van der Waals surface area contributed by atoms with E-state index < -0.39 is 5.41 Å². The molecule has 1 aliphatic heterocycles. The smallest absolute Gasteiger partial charge is 0.229 e. The number of likely N-dealkylation sites (N-methyl/N-ethyl adjacent to an activating group) is 1. The lowest BCUT2D eigenvalue weighted by Crippen LogP contribution is -2.47. The molecule has 2 amide bonds. The van der Waals surface area contributed by atoms with Gasteiger partial charge in [-0.15, -0.1) is 0 Å². The monoisotopic (exact) mass is 404 g/mol. The van der Waals surface area contributed by atoms with Crippen LogP contribution in [0.1, 0.15) is 62.6 Å². The van der Waals surface area contributed by atoms with Crippen LogP contribution in [-0.4, -0.2) is 29.8 Å². The molecule has 0 spiro atoms. The van der Waals surface area contributed by atoms with Gasteiger partial charge in [-0.3, -0.25) is 9.59 Å². The molecule has 1 heterocycles. The highest BCUT2D eigenvalue weighted by Gasteiger charge is 2.38. The van der Waals surface area contributed by atoms with E-state index >= 15 is 0 Å². The van der Waals surface area contributed by atoms with Crippen LogP contribution in [0, 0.1) is 12.3 Å². The van der Waals surface area contributed by atoms with Gasteiger partial charge >= 0.3 is 0 Å². The molecule has 4 nitrogen and oxygen atoms in total. The van der Waals surface area contributed by atoms with Gasteiger partial charge in [0.15, 0.2) is 0 Å². The number of likely N-dealkylation sites (tertiary alicyclic amines) is 1. The third-order valence-corrected chi connectivity index (χ3v) is 6.71. The van der Waals surface area contributed by atoms with Crippen molar-refractivity contribution in [3.05, 3.63) is 53.1 Å². The van der Waals surface area contributed by atoms with Crippen molar-refractivity contribution in [2.24, 2.45) is 5.41 Å². The molecule has 0 aromatic heterocycles. The van der Waals surface area contributed by atoms with Gasteiger partial charge in [0, 0.05) is 36.5 Å². The number of fused-ring (bicyclic) bond motifs is 3. The summed E-state index contributed by atoms with van der Waals surface area (Å²) in [4.78, 5) is 26.5. The topological polar surface area (TPSA) is 49.4 Å². The number of nitrogens with zero attached hydrogens (tertiary/aromatic N) is 1. The van der Waals surface area contributed by atoms with Gasteiger partial charge in [0.05, 0.1) is 0 Å². The number of aryl methyl sites for hydroxylation is 2. The van der Waals surface area contributed by atoms with Crippen molar-refractivity contribution >= 4 is 17.5 Å². The molecule has 0 saturated carbocycles. The zero-order chi connectivity index (χ0) is 21.6. The Balaban J connectivity index is 1.65. The molecule has 158 valence electrons. The molecule has 2 aromatic rings. The second kappa shape index (κ2) is 7.57. The standard InChI is InChI=1S/C26H32N2O2/c1-16-13-19(17-7-6-8-20(15-17)27-25(30)26(2,3)4)14-18-9-11-22-21(24(16)18)10-12-23(29)28(22)5/h6-8,13-15,21-22H,9-12H2,1-5H3,(H,27,30)/t21-,22+/m0/s1. The van der Waals surface area contributed by atoms with Gasteiger partial charge < -0.3 is 10.2 Å². The number of carbonyl (C=O) groups is 2. The number of hydrogen-bond acceptors (Lipinski definition) is 2. The predicted octanol–water partition coefficient (Wildman–Crippen LogP) is 5.30. The van der Waals surface area contributed by atoms with Crippen LogP contribution in [0.25, 0.3) is 11.1 Å². The first-order valence-corrected chi connectivity index (χ1v) is 11.0. The lowest BCUT2D eigenvalue weighted by Gasteiger charge is -2.43. The quantitative estimate of drug-likeness (QED) is 0.739. The lowest BCUT2D eigenvalue weighted by molar-refractivity contribution is -0.135. The molecule has 4 rings (SSSR count). The first kappa shape index (κ1) is 20.6. The highest BCUT2D eigenvalue weighted by atomic mass is 16.2. The molecule has 2 atom stereocenters. The Bertz CT molecular complexity index is 1000. The summed E-state index contributed by atoms with van der Waals surface area (Å²) in [7, 11) is 1.96. The fourth-order valence-electron chi connectivity index (χ4n) is 5.01. The maximum Gasteiger partial charge on any atom is 0.229 e. The van der Waals surface area contributed by atoms with Gasteiger partial charge in [0.25, 0.3) is 0 Å². The Morgan fingerprint density at radius 2 is 1.83 bits per heavy atom. The molecular weight excluding hydrogens is 372 g/mol. The molecule has 1 aliphatic carbocycles. The van der Waals surface area contributed by atoms with E-state index in [0.29, 0.717) is 18.4 Å². The van der Waals surface area contributed by atoms with E-state index in [1.54, 1.807) is 0 Å². The third-order valence-electron chi connectivity index (χ3n) is 6.71. The Morgan fingerprint density at radius 3 is 2.57 bits per heavy atom. The molecule has 2 aromatic carbocycles. The van der Waals surface area contributed by atoms with E-state index in [4.69, 9.17) is 0 Å². The van der Waals surface area contributed by atoms with Crippen molar-refractivity contribution in [2.75, 3.05) is 12.4 Å². The van der Waals surface area contributed by atoms with Gasteiger partial charge in [-0.25, -0.2) is 0 Å². The Kier molecular flexibility index (Phi) is 5.21. The Hall–Kier alpha value is -2.62. The largest absolute Gasteiger partial charge is 0.342 e.